The molecular formula is C15H22N2O2Sn. The van der Waals surface area contributed by atoms with Gasteiger partial charge in [0.1, 0.15) is 0 Å². The molecule has 1 amide bonds. The number of carbonyl (C=O) groups excluding carboxylic acids is 1. The summed E-state index contributed by atoms with van der Waals surface area (Å²) in [6.45, 7) is 2.02. The molecular weight excluding hydrogens is 359 g/mol. The number of nitrogens with zero attached hydrogens (tertiary/aromatic N) is 1. The number of hydrogen-bond acceptors (Lipinski definition) is 3. The Kier molecular flexibility index (Phi) is 4.73. The zero-order chi connectivity index (χ0) is 14.8. The fourth-order valence-electron chi connectivity index (χ4n) is 2.13. The number of amides is 1. The summed E-state index contributed by atoms with van der Waals surface area (Å²) >= 11 is -1.97. The van der Waals surface area contributed by atoms with Gasteiger partial charge in [-0.15, -0.1) is 0 Å². The predicted octanol–water partition coefficient (Wildman–Crippen LogP) is 1.86. The Morgan fingerprint density at radius 2 is 2.00 bits per heavy atom. The van der Waals surface area contributed by atoms with Crippen LogP contribution in [0.15, 0.2) is 29.4 Å². The van der Waals surface area contributed by atoms with Crippen molar-refractivity contribution in [2.75, 3.05) is 6.54 Å². The van der Waals surface area contributed by atoms with Crippen molar-refractivity contribution in [3.05, 3.63) is 29.8 Å². The number of oxime groups is 1. The van der Waals surface area contributed by atoms with E-state index in [2.05, 4.69) is 49.6 Å². The van der Waals surface area contributed by atoms with Crippen molar-refractivity contribution < 1.29 is 9.63 Å². The summed E-state index contributed by atoms with van der Waals surface area (Å²) in [5.74, 6) is -0.0379. The Morgan fingerprint density at radius 3 is 2.55 bits per heavy atom. The molecule has 1 aromatic carbocycles. The van der Waals surface area contributed by atoms with Crippen LogP contribution in [0.25, 0.3) is 0 Å². The van der Waals surface area contributed by atoms with Gasteiger partial charge in [-0.1, -0.05) is 0 Å². The van der Waals surface area contributed by atoms with E-state index in [-0.39, 0.29) is 12.0 Å². The van der Waals surface area contributed by atoms with E-state index in [1.807, 2.05) is 0 Å². The normalized spacial score (nSPS) is 18.4. The maximum absolute atomic E-state index is 10.9. The van der Waals surface area contributed by atoms with Crippen LogP contribution in [0, 0.1) is 0 Å². The summed E-state index contributed by atoms with van der Waals surface area (Å²) in [7, 11) is 0. The van der Waals surface area contributed by atoms with Crippen molar-refractivity contribution in [1.82, 2.24) is 5.32 Å². The SMILES string of the molecule is CC(=O)NCC1CC(c2cc[c]([Sn]([CH3])([CH3])[CH3])cc2)=NO1. The quantitative estimate of drug-likeness (QED) is 0.810. The Labute approximate surface area is 124 Å². The first-order valence-corrected chi connectivity index (χ1v) is 16.9. The summed E-state index contributed by atoms with van der Waals surface area (Å²) in [5, 5.41) is 6.90. The molecule has 1 aromatic rings. The molecule has 1 atom stereocenters. The van der Waals surface area contributed by atoms with Gasteiger partial charge < -0.3 is 0 Å². The second-order valence-electron chi connectivity index (χ2n) is 6.23. The molecule has 1 aliphatic rings. The van der Waals surface area contributed by atoms with Gasteiger partial charge in [-0.3, -0.25) is 0 Å². The van der Waals surface area contributed by atoms with Gasteiger partial charge in [-0.05, 0) is 0 Å². The van der Waals surface area contributed by atoms with Gasteiger partial charge in [0.15, 0.2) is 0 Å². The zero-order valence-electron chi connectivity index (χ0n) is 12.6. The number of rotatable bonds is 4. The van der Waals surface area contributed by atoms with Gasteiger partial charge >= 0.3 is 124 Å². The topological polar surface area (TPSA) is 50.7 Å². The fourth-order valence-corrected chi connectivity index (χ4v) is 5.46. The third-order valence-electron chi connectivity index (χ3n) is 3.40. The average molecular weight is 381 g/mol. The second kappa shape index (κ2) is 6.16. The minimum absolute atomic E-state index is 0.0379. The molecule has 108 valence electrons. The monoisotopic (exact) mass is 382 g/mol. The first-order chi connectivity index (χ1) is 9.36. The van der Waals surface area contributed by atoms with E-state index in [0.717, 1.165) is 17.7 Å². The third-order valence-corrected chi connectivity index (χ3v) is 9.29. The zero-order valence-corrected chi connectivity index (χ0v) is 15.4. The summed E-state index contributed by atoms with van der Waals surface area (Å²) in [4.78, 5) is 23.5. The van der Waals surface area contributed by atoms with Crippen molar-refractivity contribution >= 4 is 33.6 Å². The molecule has 4 nitrogen and oxygen atoms in total. The van der Waals surface area contributed by atoms with Crippen LogP contribution in [-0.4, -0.2) is 42.6 Å². The maximum atomic E-state index is 10.9. The van der Waals surface area contributed by atoms with Crippen LogP contribution in [0.2, 0.25) is 14.8 Å². The average Bonchev–Trinajstić information content (AvgIpc) is 2.84. The number of benzene rings is 1. The van der Waals surface area contributed by atoms with E-state index in [9.17, 15) is 4.79 Å². The van der Waals surface area contributed by atoms with Crippen molar-refractivity contribution in [2.45, 2.75) is 34.3 Å². The van der Waals surface area contributed by atoms with E-state index < -0.39 is 18.4 Å². The molecule has 1 aliphatic heterocycles. The standard InChI is InChI=1S/C12H13N2O2.3CH3.Sn/c1-9(15)13-8-11-7-12(14-16-11)10-5-3-2-4-6-10;;;;/h3-6,11H,7-8H2,1H3,(H,13,15);3*1H3;. The van der Waals surface area contributed by atoms with Gasteiger partial charge in [0, 0.05) is 0 Å². The fraction of sp³-hybridized carbons (Fsp3) is 0.467. The molecule has 1 N–H and O–H groups in total. The van der Waals surface area contributed by atoms with E-state index in [1.54, 1.807) is 0 Å². The molecule has 0 aliphatic carbocycles. The van der Waals surface area contributed by atoms with Crippen LogP contribution in [0.4, 0.5) is 0 Å². The number of hydrogen-bond donors (Lipinski definition) is 1. The van der Waals surface area contributed by atoms with E-state index in [0.29, 0.717) is 6.54 Å². The van der Waals surface area contributed by atoms with Crippen LogP contribution >= 0.6 is 0 Å². The predicted molar refractivity (Wildman–Crippen MR) is 84.1 cm³/mol. The number of carbonyl (C=O) groups is 1. The Balaban J connectivity index is 1.98. The van der Waals surface area contributed by atoms with Crippen LogP contribution in [-0.2, 0) is 9.63 Å². The molecule has 5 heteroatoms. The number of nitrogens with one attached hydrogen (secondary N) is 1. The Bertz CT molecular complexity index is 518. The Morgan fingerprint density at radius 1 is 1.35 bits per heavy atom. The summed E-state index contributed by atoms with van der Waals surface area (Å²) in [6, 6.07) is 8.74. The molecule has 20 heavy (non-hydrogen) atoms. The van der Waals surface area contributed by atoms with Gasteiger partial charge in [0.2, 0.25) is 0 Å². The molecule has 1 unspecified atom stereocenters. The van der Waals surface area contributed by atoms with Crippen LogP contribution in [0.1, 0.15) is 18.9 Å². The van der Waals surface area contributed by atoms with E-state index in [4.69, 9.17) is 4.84 Å². The van der Waals surface area contributed by atoms with Crippen LogP contribution in [0.3, 0.4) is 0 Å². The first-order valence-electron chi connectivity index (χ1n) is 6.94. The second-order valence-corrected chi connectivity index (χ2v) is 20.7. The van der Waals surface area contributed by atoms with E-state index in [1.165, 1.54) is 10.5 Å². The molecule has 0 bridgehead atoms. The minimum atomic E-state index is -1.97. The van der Waals surface area contributed by atoms with Gasteiger partial charge in [-0.25, -0.2) is 0 Å². The summed E-state index contributed by atoms with van der Waals surface area (Å²) < 4.78 is 1.51. The molecule has 0 saturated heterocycles. The third kappa shape index (κ3) is 3.98. The van der Waals surface area contributed by atoms with Crippen LogP contribution in [0.5, 0.6) is 0 Å². The molecule has 0 aromatic heterocycles. The molecule has 0 saturated carbocycles. The summed E-state index contributed by atoms with van der Waals surface area (Å²) in [5.41, 5.74) is 2.09. The van der Waals surface area contributed by atoms with Crippen molar-refractivity contribution in [2.24, 2.45) is 5.16 Å². The van der Waals surface area contributed by atoms with Gasteiger partial charge in [0.05, 0.1) is 0 Å². The molecule has 0 radical (unpaired) electrons. The van der Waals surface area contributed by atoms with Crippen LogP contribution < -0.4 is 8.90 Å². The van der Waals surface area contributed by atoms with Gasteiger partial charge in [0.25, 0.3) is 0 Å². The Hall–Kier alpha value is -1.04. The molecule has 0 fully saturated rings. The van der Waals surface area contributed by atoms with Crippen molar-refractivity contribution in [1.29, 1.82) is 0 Å². The van der Waals surface area contributed by atoms with Gasteiger partial charge in [-0.2, -0.15) is 0 Å². The van der Waals surface area contributed by atoms with E-state index >= 15 is 0 Å². The van der Waals surface area contributed by atoms with Crippen molar-refractivity contribution in [3.8, 4) is 0 Å². The summed E-state index contributed by atoms with van der Waals surface area (Å²) in [6.07, 6.45) is 0.702. The molecule has 1 heterocycles. The first kappa shape index (κ1) is 15.3. The van der Waals surface area contributed by atoms with Crippen molar-refractivity contribution in [3.63, 3.8) is 0 Å². The molecule has 2 rings (SSSR count). The molecule has 0 spiro atoms.